The molecule has 2 aromatic carbocycles. The topological polar surface area (TPSA) is 179 Å². The summed E-state index contributed by atoms with van der Waals surface area (Å²) in [5.41, 5.74) is 8.04. The van der Waals surface area contributed by atoms with E-state index in [-0.39, 0.29) is 17.9 Å². The van der Waals surface area contributed by atoms with E-state index in [1.165, 1.54) is 19.2 Å². The lowest BCUT2D eigenvalue weighted by Crippen LogP contribution is -2.45. The standard InChI is InChI=1S/C31H36N6O8/c1-7-44-26-14-21(29-28(30(39)43-6)19(4)33-31(40)34-29)8-11-25(26)45-16-27(38)35-32-15-22-13-18(3)36(20(22)5)24-10-9-23(37(41)42)12-17(24)2/h8-15,27,29,35,38H,7,16H2,1-6H3,(H2,33,34,40)/b32-15-/t27-,29-/m0/s1. The number of aliphatic hydroxyl groups is 1. The lowest BCUT2D eigenvalue weighted by Gasteiger charge is -2.28. The number of allylic oxidation sites excluding steroid dienone is 1. The molecule has 1 aliphatic rings. The Hall–Kier alpha value is -5.37. The highest BCUT2D eigenvalue weighted by Gasteiger charge is 2.32. The number of nitrogens with one attached hydrogen (secondary N) is 3. The van der Waals surface area contributed by atoms with E-state index in [4.69, 9.17) is 14.2 Å². The molecule has 0 fully saturated rings. The van der Waals surface area contributed by atoms with Crippen molar-refractivity contribution in [2.75, 3.05) is 20.3 Å². The number of non-ortho nitro benzene ring substituents is 1. The molecule has 0 aliphatic carbocycles. The third-order valence-electron chi connectivity index (χ3n) is 7.20. The third-order valence-corrected chi connectivity index (χ3v) is 7.20. The largest absolute Gasteiger partial charge is 0.490 e. The molecule has 3 aromatic rings. The molecular formula is C31H36N6O8. The number of ether oxygens (including phenoxy) is 3. The zero-order valence-electron chi connectivity index (χ0n) is 25.8. The Morgan fingerprint density at radius 1 is 1.16 bits per heavy atom. The van der Waals surface area contributed by atoms with Crippen molar-refractivity contribution in [1.29, 1.82) is 0 Å². The lowest BCUT2D eigenvalue weighted by atomic mass is 9.95. The Kier molecular flexibility index (Phi) is 10.1. The molecule has 14 heteroatoms. The molecular weight excluding hydrogens is 584 g/mol. The van der Waals surface area contributed by atoms with Gasteiger partial charge in [0.1, 0.15) is 6.61 Å². The molecule has 4 rings (SSSR count). The Morgan fingerprint density at radius 2 is 1.91 bits per heavy atom. The molecule has 0 bridgehead atoms. The monoisotopic (exact) mass is 620 g/mol. The van der Waals surface area contributed by atoms with Gasteiger partial charge in [0.15, 0.2) is 17.7 Å². The molecule has 14 nitrogen and oxygen atoms in total. The fourth-order valence-corrected chi connectivity index (χ4v) is 5.11. The highest BCUT2D eigenvalue weighted by Crippen LogP contribution is 2.35. The molecule has 0 saturated heterocycles. The number of aromatic nitrogens is 1. The van der Waals surface area contributed by atoms with Gasteiger partial charge in [0.2, 0.25) is 0 Å². The van der Waals surface area contributed by atoms with E-state index < -0.39 is 29.2 Å². The number of carbonyl (C=O) groups is 2. The highest BCUT2D eigenvalue weighted by molar-refractivity contribution is 5.95. The molecule has 0 spiro atoms. The van der Waals surface area contributed by atoms with E-state index in [0.717, 1.165) is 28.2 Å². The number of amides is 2. The van der Waals surface area contributed by atoms with E-state index in [1.807, 2.05) is 31.4 Å². The molecule has 2 heterocycles. The number of nitrogens with zero attached hydrogens (tertiary/aromatic N) is 3. The minimum atomic E-state index is -1.17. The number of aryl methyl sites for hydroxylation is 2. The number of methoxy groups -OCH3 is 1. The van der Waals surface area contributed by atoms with Gasteiger partial charge >= 0.3 is 12.0 Å². The van der Waals surface area contributed by atoms with Gasteiger partial charge in [-0.2, -0.15) is 5.10 Å². The van der Waals surface area contributed by atoms with Gasteiger partial charge in [0.25, 0.3) is 5.69 Å². The predicted molar refractivity (Wildman–Crippen MR) is 166 cm³/mol. The van der Waals surface area contributed by atoms with E-state index in [9.17, 15) is 24.8 Å². The molecule has 2 amide bonds. The van der Waals surface area contributed by atoms with Crippen molar-refractivity contribution in [1.82, 2.24) is 20.6 Å². The third kappa shape index (κ3) is 7.24. The van der Waals surface area contributed by atoms with E-state index in [2.05, 4.69) is 21.2 Å². The van der Waals surface area contributed by atoms with Crippen molar-refractivity contribution in [3.05, 3.63) is 91.9 Å². The average molecular weight is 621 g/mol. The summed E-state index contributed by atoms with van der Waals surface area (Å²) in [6.07, 6.45) is 0.404. The normalized spacial score (nSPS) is 15.4. The Morgan fingerprint density at radius 3 is 2.58 bits per heavy atom. The molecule has 45 heavy (non-hydrogen) atoms. The second-order valence-corrected chi connectivity index (χ2v) is 10.3. The summed E-state index contributed by atoms with van der Waals surface area (Å²) in [5, 5.41) is 31.1. The van der Waals surface area contributed by atoms with Gasteiger partial charge in [-0.3, -0.25) is 15.5 Å². The van der Waals surface area contributed by atoms with Gasteiger partial charge in [0.05, 0.1) is 36.5 Å². The molecule has 0 radical (unpaired) electrons. The minimum absolute atomic E-state index is 0.0282. The maximum absolute atomic E-state index is 12.5. The second-order valence-electron chi connectivity index (χ2n) is 10.3. The number of nitro benzene ring substituents is 1. The van der Waals surface area contributed by atoms with E-state index in [1.54, 1.807) is 44.3 Å². The number of aliphatic hydroxyl groups excluding tert-OH is 1. The van der Waals surface area contributed by atoms with Gasteiger partial charge in [-0.1, -0.05) is 6.07 Å². The Bertz CT molecular complexity index is 1680. The SMILES string of the molecule is CCOc1cc([C@@H]2NC(=O)NC(C)=C2C(=O)OC)ccc1OC[C@H](O)N/N=C\c1cc(C)n(-c2ccc([N+](=O)[O-])cc2C)c1C. The predicted octanol–water partition coefficient (Wildman–Crippen LogP) is 3.83. The molecule has 2 atom stereocenters. The van der Waals surface area contributed by atoms with Gasteiger partial charge in [-0.25, -0.2) is 9.59 Å². The molecule has 0 saturated carbocycles. The zero-order chi connectivity index (χ0) is 32.8. The van der Waals surface area contributed by atoms with Crippen LogP contribution in [0, 0.1) is 30.9 Å². The zero-order valence-corrected chi connectivity index (χ0v) is 25.8. The summed E-state index contributed by atoms with van der Waals surface area (Å²) >= 11 is 0. The van der Waals surface area contributed by atoms with Gasteiger partial charge in [-0.05, 0) is 70.0 Å². The number of nitro groups is 1. The summed E-state index contributed by atoms with van der Waals surface area (Å²) in [7, 11) is 1.27. The maximum Gasteiger partial charge on any atom is 0.337 e. The number of hydrogen-bond acceptors (Lipinski definition) is 10. The smallest absolute Gasteiger partial charge is 0.337 e. The first-order valence-electron chi connectivity index (χ1n) is 14.1. The first-order valence-corrected chi connectivity index (χ1v) is 14.1. The summed E-state index contributed by atoms with van der Waals surface area (Å²) in [4.78, 5) is 35.3. The first kappa shape index (κ1) is 32.5. The summed E-state index contributed by atoms with van der Waals surface area (Å²) in [6.45, 7) is 9.23. The van der Waals surface area contributed by atoms with Crippen LogP contribution in [0.4, 0.5) is 10.5 Å². The number of esters is 1. The summed E-state index contributed by atoms with van der Waals surface area (Å²) in [5.74, 6) is 0.115. The number of carbonyl (C=O) groups excluding carboxylic acids is 2. The fourth-order valence-electron chi connectivity index (χ4n) is 5.11. The fraction of sp³-hybridized carbons (Fsp3) is 0.323. The van der Waals surface area contributed by atoms with Gasteiger partial charge < -0.3 is 34.5 Å². The van der Waals surface area contributed by atoms with Crippen LogP contribution in [0.3, 0.4) is 0 Å². The van der Waals surface area contributed by atoms with Gasteiger partial charge in [0, 0.05) is 40.5 Å². The van der Waals surface area contributed by atoms with Crippen LogP contribution >= 0.6 is 0 Å². The average Bonchev–Trinajstić information content (AvgIpc) is 3.27. The van der Waals surface area contributed by atoms with Crippen molar-refractivity contribution >= 4 is 23.9 Å². The molecule has 1 aliphatic heterocycles. The van der Waals surface area contributed by atoms with Crippen molar-refractivity contribution in [3.63, 3.8) is 0 Å². The summed E-state index contributed by atoms with van der Waals surface area (Å²) < 4.78 is 18.5. The Labute approximate surface area is 259 Å². The second kappa shape index (κ2) is 13.9. The van der Waals surface area contributed by atoms with Crippen LogP contribution in [-0.2, 0) is 9.53 Å². The quantitative estimate of drug-likeness (QED) is 0.0770. The molecule has 1 aromatic heterocycles. The Balaban J connectivity index is 1.44. The number of urea groups is 1. The van der Waals surface area contributed by atoms with Crippen LogP contribution in [0.15, 0.2) is 58.8 Å². The van der Waals surface area contributed by atoms with Gasteiger partial charge in [-0.15, -0.1) is 0 Å². The van der Waals surface area contributed by atoms with Crippen LogP contribution in [0.25, 0.3) is 5.69 Å². The molecule has 4 N–H and O–H groups in total. The van der Waals surface area contributed by atoms with Crippen molar-refractivity contribution in [2.24, 2.45) is 5.10 Å². The number of hydrogen-bond donors (Lipinski definition) is 4. The number of rotatable bonds is 12. The van der Waals surface area contributed by atoms with Crippen LogP contribution in [0.1, 0.15) is 48.0 Å². The van der Waals surface area contributed by atoms with E-state index >= 15 is 0 Å². The van der Waals surface area contributed by atoms with Crippen molar-refractivity contribution < 1.29 is 33.8 Å². The van der Waals surface area contributed by atoms with Crippen LogP contribution in [-0.4, -0.2) is 59.4 Å². The maximum atomic E-state index is 12.5. The summed E-state index contributed by atoms with van der Waals surface area (Å²) in [6, 6.07) is 10.4. The van der Waals surface area contributed by atoms with Crippen LogP contribution in [0.2, 0.25) is 0 Å². The first-order chi connectivity index (χ1) is 21.4. The highest BCUT2D eigenvalue weighted by atomic mass is 16.6. The van der Waals surface area contributed by atoms with Crippen LogP contribution in [0.5, 0.6) is 11.5 Å². The molecule has 238 valence electrons. The van der Waals surface area contributed by atoms with Crippen molar-refractivity contribution in [2.45, 2.75) is 46.9 Å². The van der Waals surface area contributed by atoms with Crippen LogP contribution < -0.4 is 25.5 Å². The minimum Gasteiger partial charge on any atom is -0.490 e. The van der Waals surface area contributed by atoms with E-state index in [0.29, 0.717) is 29.4 Å². The van der Waals surface area contributed by atoms with Crippen molar-refractivity contribution in [3.8, 4) is 17.2 Å². The molecule has 0 unspecified atom stereocenters. The number of hydrazone groups is 1. The number of benzene rings is 2. The lowest BCUT2D eigenvalue weighted by molar-refractivity contribution is -0.384.